The van der Waals surface area contributed by atoms with Crippen molar-refractivity contribution in [1.82, 2.24) is 19.9 Å². The fourth-order valence-corrected chi connectivity index (χ4v) is 1.63. The topological polar surface area (TPSA) is 133 Å². The molecule has 0 aliphatic carbocycles. The van der Waals surface area contributed by atoms with E-state index in [0.717, 1.165) is 0 Å². The second kappa shape index (κ2) is 4.75. The molecule has 0 aliphatic rings. The van der Waals surface area contributed by atoms with Gasteiger partial charge in [0.15, 0.2) is 11.5 Å². The van der Waals surface area contributed by atoms with Gasteiger partial charge in [-0.2, -0.15) is 9.97 Å². The molecule has 0 aromatic carbocycles. The molecule has 0 spiro atoms. The normalized spacial score (nSPS) is 11.9. The molecule has 2 heterocycles. The standard InChI is InChI=1S/C10H16N6O2/c1-2-10(3-17,4-18)16-8-6-7(13-5-12-6)14-9(11)15-8/h5,17-18H,2-4H2,1H3,(H4,11,12,13,14,15,16). The van der Waals surface area contributed by atoms with E-state index in [4.69, 9.17) is 5.73 Å². The van der Waals surface area contributed by atoms with Gasteiger partial charge in [0, 0.05) is 0 Å². The van der Waals surface area contributed by atoms with Crippen LogP contribution in [0.5, 0.6) is 0 Å². The molecular formula is C10H16N6O2. The average molecular weight is 252 g/mol. The van der Waals surface area contributed by atoms with Crippen LogP contribution in [0.4, 0.5) is 11.8 Å². The van der Waals surface area contributed by atoms with Crippen LogP contribution in [0.25, 0.3) is 11.2 Å². The zero-order chi connectivity index (χ0) is 13.2. The summed E-state index contributed by atoms with van der Waals surface area (Å²) in [6, 6.07) is 0. The Balaban J connectivity index is 2.44. The van der Waals surface area contributed by atoms with Gasteiger partial charge in [0.25, 0.3) is 0 Å². The molecule has 0 radical (unpaired) electrons. The minimum atomic E-state index is -0.848. The number of aliphatic hydroxyl groups excluding tert-OH is 2. The van der Waals surface area contributed by atoms with Gasteiger partial charge in [-0.15, -0.1) is 0 Å². The Kier molecular flexibility index (Phi) is 3.30. The Labute approximate surface area is 103 Å². The first-order chi connectivity index (χ1) is 8.64. The summed E-state index contributed by atoms with van der Waals surface area (Å²) in [6.07, 6.45) is 2.01. The van der Waals surface area contributed by atoms with E-state index in [1.807, 2.05) is 6.92 Å². The predicted octanol–water partition coefficient (Wildman–Crippen LogP) is -0.520. The molecule has 98 valence electrons. The molecule has 2 aromatic heterocycles. The van der Waals surface area contributed by atoms with Gasteiger partial charge >= 0.3 is 0 Å². The Morgan fingerprint density at radius 1 is 1.39 bits per heavy atom. The van der Waals surface area contributed by atoms with Crippen molar-refractivity contribution in [3.8, 4) is 0 Å². The summed E-state index contributed by atoms with van der Waals surface area (Å²) in [6.45, 7) is 1.41. The Morgan fingerprint density at radius 3 is 2.72 bits per heavy atom. The van der Waals surface area contributed by atoms with Crippen molar-refractivity contribution < 1.29 is 10.2 Å². The zero-order valence-corrected chi connectivity index (χ0v) is 10.0. The summed E-state index contributed by atoms with van der Waals surface area (Å²) in [5.41, 5.74) is 5.76. The van der Waals surface area contributed by atoms with Gasteiger partial charge in [0.05, 0.1) is 25.1 Å². The van der Waals surface area contributed by atoms with Gasteiger partial charge in [0.2, 0.25) is 5.95 Å². The lowest BCUT2D eigenvalue weighted by atomic mass is 9.98. The van der Waals surface area contributed by atoms with Gasteiger partial charge in [-0.1, -0.05) is 6.92 Å². The maximum absolute atomic E-state index is 9.41. The smallest absolute Gasteiger partial charge is 0.224 e. The van der Waals surface area contributed by atoms with E-state index in [1.54, 1.807) is 0 Å². The van der Waals surface area contributed by atoms with E-state index < -0.39 is 5.54 Å². The van der Waals surface area contributed by atoms with Crippen molar-refractivity contribution in [2.45, 2.75) is 18.9 Å². The third-order valence-corrected chi connectivity index (χ3v) is 2.97. The molecule has 0 unspecified atom stereocenters. The van der Waals surface area contributed by atoms with Crippen molar-refractivity contribution in [3.63, 3.8) is 0 Å². The maximum Gasteiger partial charge on any atom is 0.224 e. The monoisotopic (exact) mass is 252 g/mol. The van der Waals surface area contributed by atoms with Gasteiger partial charge in [-0.3, -0.25) is 0 Å². The first-order valence-corrected chi connectivity index (χ1v) is 5.60. The summed E-state index contributed by atoms with van der Waals surface area (Å²) in [5.74, 6) is 0.498. The van der Waals surface area contributed by atoms with Gasteiger partial charge in [0.1, 0.15) is 5.52 Å². The third-order valence-electron chi connectivity index (χ3n) is 2.97. The highest BCUT2D eigenvalue weighted by molar-refractivity contribution is 5.83. The van der Waals surface area contributed by atoms with E-state index >= 15 is 0 Å². The maximum atomic E-state index is 9.41. The molecule has 8 heteroatoms. The van der Waals surface area contributed by atoms with Crippen LogP contribution in [0, 0.1) is 0 Å². The molecule has 0 atom stereocenters. The highest BCUT2D eigenvalue weighted by Crippen LogP contribution is 2.22. The second-order valence-electron chi connectivity index (χ2n) is 4.11. The number of H-pyrrole nitrogens is 1. The minimum Gasteiger partial charge on any atom is -0.394 e. The Morgan fingerprint density at radius 2 is 2.11 bits per heavy atom. The highest BCUT2D eigenvalue weighted by atomic mass is 16.3. The lowest BCUT2D eigenvalue weighted by molar-refractivity contribution is 0.132. The van der Waals surface area contributed by atoms with Gasteiger partial charge in [-0.05, 0) is 6.42 Å². The van der Waals surface area contributed by atoms with Crippen LogP contribution in [0.2, 0.25) is 0 Å². The van der Waals surface area contributed by atoms with Crippen LogP contribution < -0.4 is 11.1 Å². The fraction of sp³-hybridized carbons (Fsp3) is 0.500. The summed E-state index contributed by atoms with van der Waals surface area (Å²) < 4.78 is 0. The number of nitrogen functional groups attached to an aromatic ring is 1. The van der Waals surface area contributed by atoms with Crippen LogP contribution in [0.1, 0.15) is 13.3 Å². The number of nitrogens with one attached hydrogen (secondary N) is 2. The molecular weight excluding hydrogens is 236 g/mol. The summed E-state index contributed by atoms with van der Waals surface area (Å²) in [5, 5.41) is 21.8. The fourth-order valence-electron chi connectivity index (χ4n) is 1.63. The number of fused-ring (bicyclic) bond motifs is 1. The Bertz CT molecular complexity index is 528. The van der Waals surface area contributed by atoms with E-state index in [-0.39, 0.29) is 19.2 Å². The Hall–Kier alpha value is -1.93. The van der Waals surface area contributed by atoms with Gasteiger partial charge in [-0.25, -0.2) is 4.98 Å². The summed E-state index contributed by atoms with van der Waals surface area (Å²) >= 11 is 0. The van der Waals surface area contributed by atoms with Crippen molar-refractivity contribution in [1.29, 1.82) is 0 Å². The largest absolute Gasteiger partial charge is 0.394 e. The SMILES string of the molecule is CCC(CO)(CO)Nc1nc(N)nc2nc[nH]c12. The van der Waals surface area contributed by atoms with E-state index in [2.05, 4.69) is 25.3 Å². The molecule has 0 saturated heterocycles. The molecule has 6 N–H and O–H groups in total. The first-order valence-electron chi connectivity index (χ1n) is 5.60. The molecule has 2 rings (SSSR count). The molecule has 18 heavy (non-hydrogen) atoms. The number of aromatic amines is 1. The van der Waals surface area contributed by atoms with Crippen molar-refractivity contribution >= 4 is 22.9 Å². The van der Waals surface area contributed by atoms with E-state index in [0.29, 0.717) is 23.4 Å². The lowest BCUT2D eigenvalue weighted by Gasteiger charge is -2.30. The second-order valence-corrected chi connectivity index (χ2v) is 4.11. The molecule has 0 fully saturated rings. The van der Waals surface area contributed by atoms with Crippen LogP contribution >= 0.6 is 0 Å². The molecule has 0 bridgehead atoms. The van der Waals surface area contributed by atoms with Crippen LogP contribution in [-0.4, -0.2) is 48.9 Å². The number of aliphatic hydroxyl groups is 2. The lowest BCUT2D eigenvalue weighted by Crippen LogP contribution is -2.45. The molecule has 2 aromatic rings. The number of imidazole rings is 1. The quantitative estimate of drug-likeness (QED) is 0.483. The number of rotatable bonds is 5. The number of nitrogens with zero attached hydrogens (tertiary/aromatic N) is 3. The summed E-state index contributed by atoms with van der Waals surface area (Å²) in [7, 11) is 0. The van der Waals surface area contributed by atoms with Crippen molar-refractivity contribution in [2.75, 3.05) is 24.3 Å². The minimum absolute atomic E-state index is 0.0815. The molecule has 8 nitrogen and oxygen atoms in total. The first kappa shape index (κ1) is 12.5. The van der Waals surface area contributed by atoms with Crippen LogP contribution in [0.3, 0.4) is 0 Å². The average Bonchev–Trinajstić information content (AvgIpc) is 2.84. The third kappa shape index (κ3) is 2.07. The number of anilines is 2. The van der Waals surface area contributed by atoms with Crippen molar-refractivity contribution in [3.05, 3.63) is 6.33 Å². The number of hydrogen-bond acceptors (Lipinski definition) is 7. The number of hydrogen-bond donors (Lipinski definition) is 5. The highest BCUT2D eigenvalue weighted by Gasteiger charge is 2.28. The number of aromatic nitrogens is 4. The van der Waals surface area contributed by atoms with Crippen molar-refractivity contribution in [2.24, 2.45) is 0 Å². The van der Waals surface area contributed by atoms with Crippen LogP contribution in [0.15, 0.2) is 6.33 Å². The van der Waals surface area contributed by atoms with E-state index in [9.17, 15) is 10.2 Å². The van der Waals surface area contributed by atoms with E-state index in [1.165, 1.54) is 6.33 Å². The zero-order valence-electron chi connectivity index (χ0n) is 10.0. The molecule has 0 aliphatic heterocycles. The molecule has 0 amide bonds. The van der Waals surface area contributed by atoms with Crippen LogP contribution in [-0.2, 0) is 0 Å². The summed E-state index contributed by atoms with van der Waals surface area (Å²) in [4.78, 5) is 14.9. The van der Waals surface area contributed by atoms with Gasteiger partial charge < -0.3 is 26.2 Å². The molecule has 0 saturated carbocycles. The predicted molar refractivity (Wildman–Crippen MR) is 66.9 cm³/mol. The number of nitrogens with two attached hydrogens (primary N) is 1.